The average molecular weight is 248 g/mol. The molecule has 0 saturated heterocycles. The molecule has 17 heavy (non-hydrogen) atoms. The normalized spacial score (nSPS) is 12.4. The van der Waals surface area contributed by atoms with Crippen LogP contribution in [0.3, 0.4) is 0 Å². The summed E-state index contributed by atoms with van der Waals surface area (Å²) < 4.78 is 0. The van der Waals surface area contributed by atoms with Crippen LogP contribution in [0.4, 0.5) is 0 Å². The van der Waals surface area contributed by atoms with E-state index in [1.807, 2.05) is 36.4 Å². The second-order valence-corrected chi connectivity index (χ2v) is 4.41. The van der Waals surface area contributed by atoms with E-state index in [0.29, 0.717) is 11.4 Å². The second-order valence-electron chi connectivity index (χ2n) is 4.01. The van der Waals surface area contributed by atoms with Gasteiger partial charge in [0.1, 0.15) is 5.75 Å². The highest BCUT2D eigenvalue weighted by Crippen LogP contribution is 2.25. The van der Waals surface area contributed by atoms with Gasteiger partial charge in [-0.2, -0.15) is 0 Å². The van der Waals surface area contributed by atoms with Gasteiger partial charge in [0.15, 0.2) is 0 Å². The highest BCUT2D eigenvalue weighted by Gasteiger charge is 2.08. The van der Waals surface area contributed by atoms with E-state index in [2.05, 4.69) is 0 Å². The van der Waals surface area contributed by atoms with Crippen molar-refractivity contribution in [1.29, 1.82) is 0 Å². The van der Waals surface area contributed by atoms with Crippen LogP contribution in [0.2, 0.25) is 5.02 Å². The Bertz CT molecular complexity index is 499. The van der Waals surface area contributed by atoms with Crippen molar-refractivity contribution in [3.63, 3.8) is 0 Å². The Balaban J connectivity index is 2.13. The maximum absolute atomic E-state index is 9.33. The van der Waals surface area contributed by atoms with Gasteiger partial charge in [0.25, 0.3) is 0 Å². The number of halogens is 1. The lowest BCUT2D eigenvalue weighted by Gasteiger charge is -2.12. The van der Waals surface area contributed by atoms with Crippen molar-refractivity contribution in [2.75, 3.05) is 0 Å². The first-order valence-electron chi connectivity index (χ1n) is 5.45. The highest BCUT2D eigenvalue weighted by atomic mass is 35.5. The second kappa shape index (κ2) is 5.21. The minimum Gasteiger partial charge on any atom is -0.506 e. The molecule has 0 heterocycles. The number of phenolic OH excluding ortho intramolecular Hbond substituents is 1. The summed E-state index contributed by atoms with van der Waals surface area (Å²) in [6.45, 7) is 0. The van der Waals surface area contributed by atoms with Crippen molar-refractivity contribution in [3.8, 4) is 5.75 Å². The molecule has 0 amide bonds. The summed E-state index contributed by atoms with van der Waals surface area (Å²) in [5.74, 6) is 0.101. The Morgan fingerprint density at radius 1 is 1.12 bits per heavy atom. The topological polar surface area (TPSA) is 46.2 Å². The summed E-state index contributed by atoms with van der Waals surface area (Å²) in [6.07, 6.45) is 0.698. The van der Waals surface area contributed by atoms with Gasteiger partial charge in [0.2, 0.25) is 0 Å². The molecule has 0 fully saturated rings. The largest absolute Gasteiger partial charge is 0.506 e. The number of hydrogen-bond donors (Lipinski definition) is 2. The fraction of sp³-hybridized carbons (Fsp3) is 0.143. The molecule has 88 valence electrons. The van der Waals surface area contributed by atoms with Gasteiger partial charge in [-0.25, -0.2) is 0 Å². The number of nitrogens with two attached hydrogens (primary N) is 1. The number of benzene rings is 2. The zero-order valence-corrected chi connectivity index (χ0v) is 10.1. The maximum Gasteiger partial charge on any atom is 0.134 e. The Morgan fingerprint density at radius 3 is 2.47 bits per heavy atom. The molecular weight excluding hydrogens is 234 g/mol. The predicted molar refractivity (Wildman–Crippen MR) is 70.2 cm³/mol. The number of phenols is 1. The summed E-state index contributed by atoms with van der Waals surface area (Å²) in [5, 5.41) is 9.70. The van der Waals surface area contributed by atoms with Crippen molar-refractivity contribution >= 4 is 11.6 Å². The lowest BCUT2D eigenvalue weighted by Crippen LogP contribution is -2.13. The Hall–Kier alpha value is -1.51. The molecule has 2 rings (SSSR count). The van der Waals surface area contributed by atoms with Crippen LogP contribution in [0.25, 0.3) is 0 Å². The zero-order valence-electron chi connectivity index (χ0n) is 9.31. The van der Waals surface area contributed by atoms with Crippen LogP contribution in [0, 0.1) is 0 Å². The summed E-state index contributed by atoms with van der Waals surface area (Å²) >= 11 is 5.85. The molecular formula is C14H14ClNO. The monoisotopic (exact) mass is 247 g/mol. The van der Waals surface area contributed by atoms with Gasteiger partial charge in [0.05, 0.1) is 5.02 Å². The third kappa shape index (κ3) is 2.99. The van der Waals surface area contributed by atoms with Crippen LogP contribution in [-0.2, 0) is 6.42 Å². The van der Waals surface area contributed by atoms with Gasteiger partial charge in [-0.3, -0.25) is 0 Å². The first-order chi connectivity index (χ1) is 8.16. The standard InChI is InChI=1S/C14H14ClNO/c15-12-8-10(6-7-14(12)17)9-13(16)11-4-2-1-3-5-11/h1-8,13,17H,9,16H2. The fourth-order valence-electron chi connectivity index (χ4n) is 1.75. The molecule has 3 heteroatoms. The molecule has 0 aliphatic rings. The van der Waals surface area contributed by atoms with Gasteiger partial charge in [-0.05, 0) is 29.7 Å². The van der Waals surface area contributed by atoms with Crippen molar-refractivity contribution < 1.29 is 5.11 Å². The van der Waals surface area contributed by atoms with E-state index in [9.17, 15) is 5.11 Å². The molecule has 0 aliphatic heterocycles. The lowest BCUT2D eigenvalue weighted by molar-refractivity contribution is 0.475. The lowest BCUT2D eigenvalue weighted by atomic mass is 10.00. The molecule has 0 saturated carbocycles. The van der Waals surface area contributed by atoms with E-state index < -0.39 is 0 Å². The van der Waals surface area contributed by atoms with Crippen LogP contribution < -0.4 is 5.73 Å². The molecule has 0 spiro atoms. The summed E-state index contributed by atoms with van der Waals surface area (Å²) in [7, 11) is 0. The van der Waals surface area contributed by atoms with E-state index in [1.54, 1.807) is 12.1 Å². The minimum atomic E-state index is -0.0585. The number of aromatic hydroxyl groups is 1. The van der Waals surface area contributed by atoms with Crippen molar-refractivity contribution in [3.05, 3.63) is 64.7 Å². The molecule has 1 atom stereocenters. The highest BCUT2D eigenvalue weighted by molar-refractivity contribution is 6.32. The van der Waals surface area contributed by atoms with E-state index >= 15 is 0 Å². The first-order valence-corrected chi connectivity index (χ1v) is 5.82. The molecule has 2 nitrogen and oxygen atoms in total. The molecule has 1 unspecified atom stereocenters. The summed E-state index contributed by atoms with van der Waals surface area (Å²) in [6, 6.07) is 15.0. The smallest absolute Gasteiger partial charge is 0.134 e. The third-order valence-corrected chi connectivity index (χ3v) is 3.00. The number of hydrogen-bond acceptors (Lipinski definition) is 2. The Kier molecular flexibility index (Phi) is 3.67. The van der Waals surface area contributed by atoms with Gasteiger partial charge >= 0.3 is 0 Å². The van der Waals surface area contributed by atoms with E-state index in [0.717, 1.165) is 11.1 Å². The SMILES string of the molecule is NC(Cc1ccc(O)c(Cl)c1)c1ccccc1. The number of rotatable bonds is 3. The Morgan fingerprint density at radius 2 is 1.82 bits per heavy atom. The summed E-state index contributed by atoms with van der Waals surface area (Å²) in [4.78, 5) is 0. The first kappa shape index (κ1) is 12.0. The van der Waals surface area contributed by atoms with Gasteiger partial charge < -0.3 is 10.8 Å². The van der Waals surface area contributed by atoms with E-state index in [4.69, 9.17) is 17.3 Å². The van der Waals surface area contributed by atoms with Crippen molar-refractivity contribution in [2.45, 2.75) is 12.5 Å². The molecule has 0 aromatic heterocycles. The quantitative estimate of drug-likeness (QED) is 0.874. The molecule has 2 aromatic rings. The van der Waals surface area contributed by atoms with Crippen LogP contribution in [0.5, 0.6) is 5.75 Å². The molecule has 3 N–H and O–H groups in total. The molecule has 0 radical (unpaired) electrons. The van der Waals surface area contributed by atoms with Gasteiger partial charge in [0, 0.05) is 6.04 Å². The average Bonchev–Trinajstić information content (AvgIpc) is 2.35. The van der Waals surface area contributed by atoms with Crippen LogP contribution in [0.1, 0.15) is 17.2 Å². The van der Waals surface area contributed by atoms with Crippen molar-refractivity contribution in [1.82, 2.24) is 0 Å². The van der Waals surface area contributed by atoms with E-state index in [1.165, 1.54) is 0 Å². The maximum atomic E-state index is 9.33. The zero-order chi connectivity index (χ0) is 12.3. The Labute approximate surface area is 106 Å². The molecule has 0 aliphatic carbocycles. The fourth-order valence-corrected chi connectivity index (χ4v) is 1.95. The predicted octanol–water partition coefficient (Wildman–Crippen LogP) is 3.29. The molecule has 2 aromatic carbocycles. The van der Waals surface area contributed by atoms with Crippen LogP contribution in [-0.4, -0.2) is 5.11 Å². The van der Waals surface area contributed by atoms with Crippen molar-refractivity contribution in [2.24, 2.45) is 5.73 Å². The van der Waals surface area contributed by atoms with Gasteiger partial charge in [-0.15, -0.1) is 0 Å². The third-order valence-electron chi connectivity index (χ3n) is 2.70. The minimum absolute atomic E-state index is 0.0585. The van der Waals surface area contributed by atoms with Crippen LogP contribution >= 0.6 is 11.6 Å². The summed E-state index contributed by atoms with van der Waals surface area (Å²) in [5.41, 5.74) is 8.22. The molecule has 0 bridgehead atoms. The van der Waals surface area contributed by atoms with Crippen LogP contribution in [0.15, 0.2) is 48.5 Å². The van der Waals surface area contributed by atoms with E-state index in [-0.39, 0.29) is 11.8 Å². The van der Waals surface area contributed by atoms with Gasteiger partial charge in [-0.1, -0.05) is 48.0 Å².